The summed E-state index contributed by atoms with van der Waals surface area (Å²) in [5.74, 6) is 0.304. The summed E-state index contributed by atoms with van der Waals surface area (Å²) in [7, 11) is 0. The molecule has 0 fully saturated rings. The van der Waals surface area contributed by atoms with Gasteiger partial charge >= 0.3 is 0 Å². The molecule has 0 atom stereocenters. The van der Waals surface area contributed by atoms with Crippen LogP contribution in [0.2, 0.25) is 0 Å². The van der Waals surface area contributed by atoms with Crippen LogP contribution in [0.1, 0.15) is 31.9 Å². The number of phenolic OH excluding ortho intramolecular Hbond substituents is 1. The van der Waals surface area contributed by atoms with Gasteiger partial charge in [-0.1, -0.05) is 45.0 Å². The first-order valence-corrected chi connectivity index (χ1v) is 6.57. The zero-order valence-electron chi connectivity index (χ0n) is 11.8. The average Bonchev–Trinajstić information content (AvgIpc) is 2.37. The molecule has 0 aliphatic rings. The first-order chi connectivity index (χ1) is 8.95. The van der Waals surface area contributed by atoms with Crippen molar-refractivity contribution in [3.8, 4) is 5.75 Å². The lowest BCUT2D eigenvalue weighted by Gasteiger charge is -2.19. The Bertz CT molecular complexity index is 521. The molecule has 2 aromatic carbocycles. The normalized spacial score (nSPS) is 11.3. The van der Waals surface area contributed by atoms with E-state index in [1.807, 2.05) is 12.1 Å². The number of hydrogen-bond acceptors (Lipinski definition) is 2. The van der Waals surface area contributed by atoms with Crippen molar-refractivity contribution in [1.82, 2.24) is 0 Å². The van der Waals surface area contributed by atoms with Crippen LogP contribution in [0.5, 0.6) is 5.75 Å². The van der Waals surface area contributed by atoms with E-state index in [1.165, 1.54) is 5.56 Å². The smallest absolute Gasteiger partial charge is 0.115 e. The standard InChI is InChI=1S/C17H21NO/c1-17(2,3)14-6-8-15(9-7-14)18-12-13-4-10-16(19)11-5-13/h4-11,18-19H,12H2,1-3H3. The lowest BCUT2D eigenvalue weighted by atomic mass is 9.87. The average molecular weight is 255 g/mol. The van der Waals surface area contributed by atoms with Crippen LogP contribution in [-0.2, 0) is 12.0 Å². The van der Waals surface area contributed by atoms with Gasteiger partial charge in [-0.15, -0.1) is 0 Å². The fraction of sp³-hybridized carbons (Fsp3) is 0.294. The highest BCUT2D eigenvalue weighted by atomic mass is 16.3. The maximum absolute atomic E-state index is 9.23. The summed E-state index contributed by atoms with van der Waals surface area (Å²) in [5, 5.41) is 12.6. The van der Waals surface area contributed by atoms with Crippen molar-refractivity contribution in [2.24, 2.45) is 0 Å². The Morgan fingerprint density at radius 2 is 1.47 bits per heavy atom. The van der Waals surface area contributed by atoms with Gasteiger partial charge in [0.05, 0.1) is 0 Å². The van der Waals surface area contributed by atoms with Gasteiger partial charge in [0.2, 0.25) is 0 Å². The molecule has 2 N–H and O–H groups in total. The molecule has 0 aromatic heterocycles. The van der Waals surface area contributed by atoms with Gasteiger partial charge in [-0.2, -0.15) is 0 Å². The van der Waals surface area contributed by atoms with Gasteiger partial charge in [0.15, 0.2) is 0 Å². The molecule has 0 spiro atoms. The van der Waals surface area contributed by atoms with Crippen molar-refractivity contribution in [1.29, 1.82) is 0 Å². The summed E-state index contributed by atoms with van der Waals surface area (Å²) in [6.07, 6.45) is 0. The molecule has 0 saturated heterocycles. The quantitative estimate of drug-likeness (QED) is 0.857. The molecular weight excluding hydrogens is 234 g/mol. The van der Waals surface area contributed by atoms with Crippen LogP contribution in [0.15, 0.2) is 48.5 Å². The van der Waals surface area contributed by atoms with E-state index >= 15 is 0 Å². The van der Waals surface area contributed by atoms with Gasteiger partial charge in [-0.05, 0) is 40.8 Å². The van der Waals surface area contributed by atoms with E-state index in [0.29, 0.717) is 5.75 Å². The Morgan fingerprint density at radius 1 is 0.895 bits per heavy atom. The Labute approximate surface area is 115 Å². The van der Waals surface area contributed by atoms with Crippen LogP contribution >= 0.6 is 0 Å². The minimum atomic E-state index is 0.190. The highest BCUT2D eigenvalue weighted by Crippen LogP contribution is 2.23. The molecule has 2 aromatic rings. The van der Waals surface area contributed by atoms with Gasteiger partial charge in [0, 0.05) is 12.2 Å². The third-order valence-electron chi connectivity index (χ3n) is 3.18. The van der Waals surface area contributed by atoms with Crippen LogP contribution in [0, 0.1) is 0 Å². The molecular formula is C17H21NO. The van der Waals surface area contributed by atoms with Crippen LogP contribution in [0.25, 0.3) is 0 Å². The van der Waals surface area contributed by atoms with E-state index in [4.69, 9.17) is 0 Å². The lowest BCUT2D eigenvalue weighted by molar-refractivity contribution is 0.475. The molecule has 0 aliphatic heterocycles. The molecule has 0 saturated carbocycles. The van der Waals surface area contributed by atoms with E-state index < -0.39 is 0 Å². The Balaban J connectivity index is 1.98. The van der Waals surface area contributed by atoms with Crippen LogP contribution in [0.4, 0.5) is 5.69 Å². The van der Waals surface area contributed by atoms with Gasteiger partial charge in [-0.25, -0.2) is 0 Å². The van der Waals surface area contributed by atoms with Crippen molar-refractivity contribution in [2.75, 3.05) is 5.32 Å². The molecule has 19 heavy (non-hydrogen) atoms. The van der Waals surface area contributed by atoms with E-state index in [0.717, 1.165) is 17.8 Å². The van der Waals surface area contributed by atoms with Crippen LogP contribution < -0.4 is 5.32 Å². The van der Waals surface area contributed by atoms with Crippen molar-refractivity contribution in [2.45, 2.75) is 32.7 Å². The minimum absolute atomic E-state index is 0.190. The first-order valence-electron chi connectivity index (χ1n) is 6.57. The zero-order valence-corrected chi connectivity index (χ0v) is 11.8. The second-order valence-corrected chi connectivity index (χ2v) is 5.85. The Hall–Kier alpha value is -1.96. The van der Waals surface area contributed by atoms with Crippen LogP contribution in [-0.4, -0.2) is 5.11 Å². The molecule has 2 rings (SSSR count). The molecule has 2 nitrogen and oxygen atoms in total. The summed E-state index contributed by atoms with van der Waals surface area (Å²) in [5.41, 5.74) is 3.79. The number of rotatable bonds is 3. The first kappa shape index (κ1) is 13.5. The predicted molar refractivity (Wildman–Crippen MR) is 80.6 cm³/mol. The van der Waals surface area contributed by atoms with Gasteiger partial charge in [0.25, 0.3) is 0 Å². The molecule has 0 radical (unpaired) electrons. The van der Waals surface area contributed by atoms with Gasteiger partial charge in [0.1, 0.15) is 5.75 Å². The molecule has 0 unspecified atom stereocenters. The summed E-state index contributed by atoms with van der Waals surface area (Å²) < 4.78 is 0. The maximum Gasteiger partial charge on any atom is 0.115 e. The topological polar surface area (TPSA) is 32.3 Å². The fourth-order valence-electron chi connectivity index (χ4n) is 1.91. The predicted octanol–water partition coefficient (Wildman–Crippen LogP) is 4.30. The van der Waals surface area contributed by atoms with E-state index in [-0.39, 0.29) is 5.41 Å². The summed E-state index contributed by atoms with van der Waals surface area (Å²) in [6, 6.07) is 15.8. The van der Waals surface area contributed by atoms with Gasteiger partial charge in [-0.3, -0.25) is 0 Å². The second kappa shape index (κ2) is 5.35. The second-order valence-electron chi connectivity index (χ2n) is 5.85. The SMILES string of the molecule is CC(C)(C)c1ccc(NCc2ccc(O)cc2)cc1. The van der Waals surface area contributed by atoms with Crippen molar-refractivity contribution in [3.05, 3.63) is 59.7 Å². The number of hydrogen-bond donors (Lipinski definition) is 2. The van der Waals surface area contributed by atoms with E-state index in [2.05, 4.69) is 50.4 Å². The van der Waals surface area contributed by atoms with E-state index in [1.54, 1.807) is 12.1 Å². The molecule has 0 bridgehead atoms. The highest BCUT2D eigenvalue weighted by molar-refractivity contribution is 5.46. The van der Waals surface area contributed by atoms with Crippen molar-refractivity contribution >= 4 is 5.69 Å². The molecule has 2 heteroatoms. The van der Waals surface area contributed by atoms with E-state index in [9.17, 15) is 5.11 Å². The van der Waals surface area contributed by atoms with Gasteiger partial charge < -0.3 is 10.4 Å². The summed E-state index contributed by atoms with van der Waals surface area (Å²) in [4.78, 5) is 0. The monoisotopic (exact) mass is 255 g/mol. The Morgan fingerprint density at radius 3 is 2.00 bits per heavy atom. The third kappa shape index (κ3) is 3.75. The maximum atomic E-state index is 9.23. The lowest BCUT2D eigenvalue weighted by Crippen LogP contribution is -2.10. The molecule has 0 amide bonds. The zero-order chi connectivity index (χ0) is 13.9. The highest BCUT2D eigenvalue weighted by Gasteiger charge is 2.12. The summed E-state index contributed by atoms with van der Waals surface area (Å²) in [6.45, 7) is 7.40. The van der Waals surface area contributed by atoms with Crippen molar-refractivity contribution in [3.63, 3.8) is 0 Å². The third-order valence-corrected chi connectivity index (χ3v) is 3.18. The number of aromatic hydroxyl groups is 1. The molecule has 0 aliphatic carbocycles. The summed E-state index contributed by atoms with van der Waals surface area (Å²) >= 11 is 0. The number of phenols is 1. The molecule has 0 heterocycles. The van der Waals surface area contributed by atoms with Crippen LogP contribution in [0.3, 0.4) is 0 Å². The number of anilines is 1. The fourth-order valence-corrected chi connectivity index (χ4v) is 1.91. The number of nitrogens with one attached hydrogen (secondary N) is 1. The minimum Gasteiger partial charge on any atom is -0.508 e. The Kier molecular flexibility index (Phi) is 3.79. The number of benzene rings is 2. The molecule has 100 valence electrons. The van der Waals surface area contributed by atoms with Crippen molar-refractivity contribution < 1.29 is 5.11 Å². The largest absolute Gasteiger partial charge is 0.508 e.